The number of aromatic nitrogens is 2. The molecule has 5 nitrogen and oxygen atoms in total. The molecule has 2 aliphatic heterocycles. The highest BCUT2D eigenvalue weighted by Crippen LogP contribution is 2.44. The van der Waals surface area contributed by atoms with Crippen LogP contribution in [0.25, 0.3) is 11.3 Å². The molecule has 8 heteroatoms. The summed E-state index contributed by atoms with van der Waals surface area (Å²) in [5.41, 5.74) is 3.81. The van der Waals surface area contributed by atoms with Crippen LogP contribution in [0.4, 0.5) is 0 Å². The number of rotatable bonds is 4. The van der Waals surface area contributed by atoms with E-state index >= 15 is 0 Å². The molecule has 0 aliphatic carbocycles. The van der Waals surface area contributed by atoms with Crippen molar-refractivity contribution in [3.8, 4) is 11.3 Å². The fourth-order valence-corrected chi connectivity index (χ4v) is 4.68. The highest BCUT2D eigenvalue weighted by atomic mass is 35.5. The van der Waals surface area contributed by atoms with Crippen LogP contribution in [0.5, 0.6) is 0 Å². The van der Waals surface area contributed by atoms with Gasteiger partial charge in [-0.25, -0.2) is 0 Å². The van der Waals surface area contributed by atoms with Gasteiger partial charge < -0.3 is 9.64 Å². The summed E-state index contributed by atoms with van der Waals surface area (Å²) in [7, 11) is 0. The minimum Gasteiger partial charge on any atom is -0.376 e. The second-order valence-corrected chi connectivity index (χ2v) is 8.79. The van der Waals surface area contributed by atoms with E-state index in [1.165, 1.54) is 0 Å². The van der Waals surface area contributed by atoms with Crippen molar-refractivity contribution in [3.05, 3.63) is 74.4 Å². The van der Waals surface area contributed by atoms with Crippen molar-refractivity contribution in [2.24, 2.45) is 0 Å². The van der Waals surface area contributed by atoms with Gasteiger partial charge in [-0.3, -0.25) is 9.89 Å². The van der Waals surface area contributed by atoms with Gasteiger partial charge in [0.2, 0.25) is 0 Å². The van der Waals surface area contributed by atoms with Crippen LogP contribution in [0, 0.1) is 0 Å². The van der Waals surface area contributed by atoms with E-state index in [0.29, 0.717) is 27.3 Å². The Kier molecular flexibility index (Phi) is 5.23. The number of fused-ring (bicyclic) bond motifs is 1. The lowest BCUT2D eigenvalue weighted by molar-refractivity contribution is 0.0495. The standard InChI is InChI=1S/C22H18Cl3N3O2/c23-14-6-3-12(4-7-14)19-18-20(27-26-19)22(29)28(11-15-2-1-9-30-15)21(18)13-5-8-16(24)17(25)10-13/h3-8,10,15,21H,1-2,9,11H2,(H,26,27). The number of carbonyl (C=O) groups excluding carboxylic acids is 1. The molecule has 30 heavy (non-hydrogen) atoms. The number of benzene rings is 2. The molecule has 2 aromatic carbocycles. The molecule has 1 aromatic heterocycles. The number of halogens is 3. The Labute approximate surface area is 188 Å². The van der Waals surface area contributed by atoms with Crippen LogP contribution in [0.1, 0.15) is 40.5 Å². The lowest BCUT2D eigenvalue weighted by Crippen LogP contribution is -2.36. The number of hydrogen-bond donors (Lipinski definition) is 1. The molecule has 1 amide bonds. The third kappa shape index (κ3) is 3.40. The fraction of sp³-hybridized carbons (Fsp3) is 0.273. The van der Waals surface area contributed by atoms with Gasteiger partial charge in [-0.1, -0.05) is 53.0 Å². The van der Waals surface area contributed by atoms with Crippen LogP contribution < -0.4 is 0 Å². The van der Waals surface area contributed by atoms with Gasteiger partial charge in [0, 0.05) is 29.3 Å². The number of nitrogens with one attached hydrogen (secondary N) is 1. The molecule has 1 saturated heterocycles. The normalized spacial score (nSPS) is 20.8. The third-order valence-electron chi connectivity index (χ3n) is 5.67. The quantitative estimate of drug-likeness (QED) is 0.536. The van der Waals surface area contributed by atoms with Crippen LogP contribution in [-0.2, 0) is 4.74 Å². The predicted molar refractivity (Wildman–Crippen MR) is 117 cm³/mol. The number of nitrogens with zero attached hydrogens (tertiary/aromatic N) is 2. The molecule has 3 aromatic rings. The molecular weight excluding hydrogens is 445 g/mol. The largest absolute Gasteiger partial charge is 0.376 e. The third-order valence-corrected chi connectivity index (χ3v) is 6.66. The zero-order valence-electron chi connectivity index (χ0n) is 15.9. The van der Waals surface area contributed by atoms with Gasteiger partial charge in [0.15, 0.2) is 0 Å². The molecule has 154 valence electrons. The summed E-state index contributed by atoms with van der Waals surface area (Å²) in [6.07, 6.45) is 1.97. The molecule has 1 N–H and O–H groups in total. The van der Waals surface area contributed by atoms with E-state index in [1.54, 1.807) is 6.07 Å². The number of aromatic amines is 1. The van der Waals surface area contributed by atoms with Gasteiger partial charge in [-0.15, -0.1) is 0 Å². The first-order valence-corrected chi connectivity index (χ1v) is 10.9. The van der Waals surface area contributed by atoms with Crippen molar-refractivity contribution in [3.63, 3.8) is 0 Å². The van der Waals surface area contributed by atoms with E-state index in [4.69, 9.17) is 39.5 Å². The maximum Gasteiger partial charge on any atom is 0.273 e. The number of amides is 1. The van der Waals surface area contributed by atoms with Crippen molar-refractivity contribution in [2.45, 2.75) is 25.0 Å². The number of H-pyrrole nitrogens is 1. The second-order valence-electron chi connectivity index (χ2n) is 7.54. The Morgan fingerprint density at radius 2 is 1.90 bits per heavy atom. The maximum absolute atomic E-state index is 13.3. The highest BCUT2D eigenvalue weighted by Gasteiger charge is 2.43. The van der Waals surface area contributed by atoms with Crippen LogP contribution in [-0.4, -0.2) is 40.3 Å². The van der Waals surface area contributed by atoms with Gasteiger partial charge >= 0.3 is 0 Å². The molecule has 0 saturated carbocycles. The van der Waals surface area contributed by atoms with Gasteiger partial charge in [0.25, 0.3) is 5.91 Å². The van der Waals surface area contributed by atoms with Crippen molar-refractivity contribution in [1.29, 1.82) is 0 Å². The molecule has 3 heterocycles. The number of hydrogen-bond acceptors (Lipinski definition) is 3. The van der Waals surface area contributed by atoms with Crippen LogP contribution in [0.2, 0.25) is 15.1 Å². The average molecular weight is 463 g/mol. The van der Waals surface area contributed by atoms with Crippen LogP contribution >= 0.6 is 34.8 Å². The summed E-state index contributed by atoms with van der Waals surface area (Å²) in [6, 6.07) is 12.6. The topological polar surface area (TPSA) is 58.2 Å². The Balaban J connectivity index is 1.63. The monoisotopic (exact) mass is 461 g/mol. The molecule has 0 spiro atoms. The molecule has 0 bridgehead atoms. The Morgan fingerprint density at radius 3 is 2.60 bits per heavy atom. The molecule has 1 fully saturated rings. The molecule has 2 aliphatic rings. The van der Waals surface area contributed by atoms with Gasteiger partial charge in [-0.05, 0) is 42.7 Å². The summed E-state index contributed by atoms with van der Waals surface area (Å²) >= 11 is 18.5. The van der Waals surface area contributed by atoms with E-state index in [1.807, 2.05) is 41.3 Å². The SMILES string of the molecule is O=C1c2[nH]nc(-c3ccc(Cl)cc3)c2C(c2ccc(Cl)c(Cl)c2)N1CC1CCCO1. The van der Waals surface area contributed by atoms with E-state index in [0.717, 1.165) is 41.8 Å². The predicted octanol–water partition coefficient (Wildman–Crippen LogP) is 5.76. The first kappa shape index (κ1) is 19.9. The Morgan fingerprint density at radius 1 is 1.10 bits per heavy atom. The minimum absolute atomic E-state index is 0.0233. The highest BCUT2D eigenvalue weighted by molar-refractivity contribution is 6.42. The molecule has 2 atom stereocenters. The fourth-order valence-electron chi connectivity index (χ4n) is 4.25. The maximum atomic E-state index is 13.3. The van der Waals surface area contributed by atoms with E-state index in [2.05, 4.69) is 10.2 Å². The summed E-state index contributed by atoms with van der Waals surface area (Å²) < 4.78 is 5.81. The smallest absolute Gasteiger partial charge is 0.273 e. The molecule has 5 rings (SSSR count). The molecule has 0 radical (unpaired) electrons. The number of ether oxygens (including phenoxy) is 1. The zero-order chi connectivity index (χ0) is 20.8. The van der Waals surface area contributed by atoms with Crippen molar-refractivity contribution >= 4 is 40.7 Å². The lowest BCUT2D eigenvalue weighted by Gasteiger charge is -2.28. The van der Waals surface area contributed by atoms with Crippen molar-refractivity contribution in [2.75, 3.05) is 13.2 Å². The summed E-state index contributed by atoms with van der Waals surface area (Å²) in [6.45, 7) is 1.24. The Hall–Kier alpha value is -2.05. The summed E-state index contributed by atoms with van der Waals surface area (Å²) in [4.78, 5) is 15.2. The lowest BCUT2D eigenvalue weighted by atomic mass is 9.96. The first-order valence-electron chi connectivity index (χ1n) is 9.74. The minimum atomic E-state index is -0.337. The van der Waals surface area contributed by atoms with Crippen LogP contribution in [0.15, 0.2) is 42.5 Å². The van der Waals surface area contributed by atoms with Crippen molar-refractivity contribution in [1.82, 2.24) is 15.1 Å². The number of carbonyl (C=O) groups is 1. The van der Waals surface area contributed by atoms with E-state index in [9.17, 15) is 4.79 Å². The van der Waals surface area contributed by atoms with Gasteiger partial charge in [-0.2, -0.15) is 5.10 Å². The van der Waals surface area contributed by atoms with E-state index < -0.39 is 0 Å². The van der Waals surface area contributed by atoms with Gasteiger partial charge in [0.1, 0.15) is 5.69 Å². The zero-order valence-corrected chi connectivity index (χ0v) is 18.1. The summed E-state index contributed by atoms with van der Waals surface area (Å²) in [5, 5.41) is 8.98. The van der Waals surface area contributed by atoms with Crippen LogP contribution in [0.3, 0.4) is 0 Å². The molecular formula is C22H18Cl3N3O2. The summed E-state index contributed by atoms with van der Waals surface area (Å²) in [5.74, 6) is -0.0933. The Bertz CT molecular complexity index is 1110. The van der Waals surface area contributed by atoms with Crippen molar-refractivity contribution < 1.29 is 9.53 Å². The van der Waals surface area contributed by atoms with E-state index in [-0.39, 0.29) is 18.1 Å². The second kappa shape index (κ2) is 7.89. The first-order chi connectivity index (χ1) is 14.5. The average Bonchev–Trinajstić information content (AvgIpc) is 3.45. The van der Waals surface area contributed by atoms with Gasteiger partial charge in [0.05, 0.1) is 27.9 Å². The molecule has 2 unspecified atom stereocenters.